The molecule has 1 aromatic heterocycles. The third-order valence-corrected chi connectivity index (χ3v) is 9.00. The Kier molecular flexibility index (Phi) is 9.56. The molecular weight excluding hydrogens is 636 g/mol. The minimum atomic E-state index is -0.810. The van der Waals surface area contributed by atoms with Gasteiger partial charge in [-0.25, -0.2) is 9.79 Å². The van der Waals surface area contributed by atoms with Crippen LogP contribution in [0.15, 0.2) is 112 Å². The first-order chi connectivity index (χ1) is 22.9. The molecule has 0 unspecified atom stereocenters. The lowest BCUT2D eigenvalue weighted by Crippen LogP contribution is -2.40. The number of nitrogens with zero attached hydrogens (tertiary/aromatic N) is 2. The average Bonchev–Trinajstić information content (AvgIpc) is 3.41. The van der Waals surface area contributed by atoms with Gasteiger partial charge >= 0.3 is 5.97 Å². The minimum absolute atomic E-state index is 0.164. The summed E-state index contributed by atoms with van der Waals surface area (Å²) in [6.07, 6.45) is 1.76. The van der Waals surface area contributed by atoms with E-state index < -0.39 is 12.0 Å². The summed E-state index contributed by atoms with van der Waals surface area (Å²) in [7, 11) is 3.15. The Morgan fingerprint density at radius 1 is 0.936 bits per heavy atom. The molecule has 1 atom stereocenters. The molecule has 238 valence electrons. The van der Waals surface area contributed by atoms with Crippen molar-refractivity contribution in [2.24, 2.45) is 4.99 Å². The SMILES string of the molecule is CCOC(=O)C1=C(c2ccccc2)N=c2s/c(=C\c3cccc(OC)c3OCc3ccccc3Cl)c(=O)n2[C@H]1c1ccc(OC)cc1. The Balaban J connectivity index is 1.55. The second-order valence-corrected chi connectivity index (χ2v) is 11.9. The highest BCUT2D eigenvalue weighted by Crippen LogP contribution is 2.36. The molecule has 47 heavy (non-hydrogen) atoms. The van der Waals surface area contributed by atoms with E-state index >= 15 is 0 Å². The molecule has 0 aliphatic carbocycles. The van der Waals surface area contributed by atoms with Crippen molar-refractivity contribution in [1.29, 1.82) is 0 Å². The summed E-state index contributed by atoms with van der Waals surface area (Å²) in [6, 6.07) is 28.8. The number of carbonyl (C=O) groups excluding carboxylic acids is 1. The van der Waals surface area contributed by atoms with Crippen LogP contribution in [-0.4, -0.2) is 31.4 Å². The Morgan fingerprint density at radius 3 is 2.38 bits per heavy atom. The predicted molar refractivity (Wildman–Crippen MR) is 183 cm³/mol. The number of hydrogen-bond acceptors (Lipinski definition) is 8. The molecule has 0 amide bonds. The van der Waals surface area contributed by atoms with Crippen LogP contribution in [-0.2, 0) is 16.1 Å². The molecule has 0 saturated carbocycles. The Bertz CT molecular complexity index is 2140. The van der Waals surface area contributed by atoms with Crippen molar-refractivity contribution in [1.82, 2.24) is 4.57 Å². The number of thiazole rings is 1. The van der Waals surface area contributed by atoms with Crippen molar-refractivity contribution < 1.29 is 23.7 Å². The van der Waals surface area contributed by atoms with Crippen molar-refractivity contribution in [3.05, 3.63) is 150 Å². The first kappa shape index (κ1) is 31.8. The normalized spacial score (nSPS) is 14.3. The van der Waals surface area contributed by atoms with Crippen LogP contribution >= 0.6 is 22.9 Å². The second kappa shape index (κ2) is 14.1. The van der Waals surface area contributed by atoms with E-state index in [1.165, 1.54) is 11.3 Å². The summed E-state index contributed by atoms with van der Waals surface area (Å²) in [5.74, 6) is 1.07. The van der Waals surface area contributed by atoms with Crippen LogP contribution in [0.2, 0.25) is 5.02 Å². The molecule has 2 heterocycles. The van der Waals surface area contributed by atoms with Crippen LogP contribution in [0.1, 0.15) is 35.2 Å². The summed E-state index contributed by atoms with van der Waals surface area (Å²) >= 11 is 7.61. The van der Waals surface area contributed by atoms with Gasteiger partial charge in [0.1, 0.15) is 12.4 Å². The molecule has 6 rings (SSSR count). The van der Waals surface area contributed by atoms with Gasteiger partial charge in [-0.1, -0.05) is 95.7 Å². The number of aromatic nitrogens is 1. The van der Waals surface area contributed by atoms with Crippen LogP contribution in [0.5, 0.6) is 17.2 Å². The number of fused-ring (bicyclic) bond motifs is 1. The van der Waals surface area contributed by atoms with Gasteiger partial charge in [-0.05, 0) is 42.8 Å². The summed E-state index contributed by atoms with van der Waals surface area (Å²) in [5.41, 5.74) is 3.28. The van der Waals surface area contributed by atoms with Crippen molar-refractivity contribution in [3.63, 3.8) is 0 Å². The third kappa shape index (κ3) is 6.45. The number of carbonyl (C=O) groups is 1. The summed E-state index contributed by atoms with van der Waals surface area (Å²) in [6.45, 7) is 2.11. The number of rotatable bonds is 10. The summed E-state index contributed by atoms with van der Waals surface area (Å²) < 4.78 is 24.8. The standard InChI is InChI=1S/C37H31ClN2O6S/c1-4-45-36(42)31-32(23-11-6-5-7-12-23)39-37-40(33(31)24-17-19-27(43-2)20-18-24)35(41)30(47-37)21-25-14-10-16-29(44-3)34(25)46-22-26-13-8-9-15-28(26)38/h5-21,33H,4,22H2,1-3H3/b30-21-/t33-/m0/s1. The lowest BCUT2D eigenvalue weighted by atomic mass is 9.93. The van der Waals surface area contributed by atoms with Gasteiger partial charge in [0, 0.05) is 21.7 Å². The average molecular weight is 667 g/mol. The van der Waals surface area contributed by atoms with E-state index in [1.807, 2.05) is 72.8 Å². The highest BCUT2D eigenvalue weighted by molar-refractivity contribution is 7.07. The zero-order valence-corrected chi connectivity index (χ0v) is 27.5. The van der Waals surface area contributed by atoms with Gasteiger partial charge in [-0.3, -0.25) is 9.36 Å². The highest BCUT2D eigenvalue weighted by Gasteiger charge is 2.35. The van der Waals surface area contributed by atoms with E-state index in [9.17, 15) is 9.59 Å². The fraction of sp³-hybridized carbons (Fsp3) is 0.162. The van der Waals surface area contributed by atoms with Crippen molar-refractivity contribution >= 4 is 40.7 Å². The van der Waals surface area contributed by atoms with Crippen LogP contribution < -0.4 is 29.1 Å². The molecule has 10 heteroatoms. The first-order valence-corrected chi connectivity index (χ1v) is 16.1. The molecule has 4 aromatic carbocycles. The molecule has 0 saturated heterocycles. The Morgan fingerprint density at radius 2 is 1.68 bits per heavy atom. The smallest absolute Gasteiger partial charge is 0.338 e. The predicted octanol–water partition coefficient (Wildman–Crippen LogP) is 6.19. The lowest BCUT2D eigenvalue weighted by Gasteiger charge is -2.26. The van der Waals surface area contributed by atoms with E-state index in [-0.39, 0.29) is 24.3 Å². The van der Waals surface area contributed by atoms with E-state index in [0.717, 1.165) is 11.1 Å². The van der Waals surface area contributed by atoms with Crippen molar-refractivity contribution in [2.75, 3.05) is 20.8 Å². The number of esters is 1. The fourth-order valence-corrected chi connectivity index (χ4v) is 6.59. The van der Waals surface area contributed by atoms with Gasteiger partial charge in [0.15, 0.2) is 16.3 Å². The maximum absolute atomic E-state index is 14.4. The molecule has 0 spiro atoms. The minimum Gasteiger partial charge on any atom is -0.497 e. The molecule has 5 aromatic rings. The van der Waals surface area contributed by atoms with Gasteiger partial charge in [-0.2, -0.15) is 0 Å². The first-order valence-electron chi connectivity index (χ1n) is 14.9. The van der Waals surface area contributed by atoms with Crippen LogP contribution in [0.25, 0.3) is 11.8 Å². The monoisotopic (exact) mass is 666 g/mol. The van der Waals surface area contributed by atoms with Crippen LogP contribution in [0.4, 0.5) is 0 Å². The number of hydrogen-bond donors (Lipinski definition) is 0. The van der Waals surface area contributed by atoms with E-state index in [0.29, 0.717) is 48.4 Å². The molecule has 0 fully saturated rings. The van der Waals surface area contributed by atoms with Gasteiger partial charge in [0.2, 0.25) is 0 Å². The molecule has 0 bridgehead atoms. The van der Waals surface area contributed by atoms with Gasteiger partial charge in [0.25, 0.3) is 5.56 Å². The number of ether oxygens (including phenoxy) is 4. The number of para-hydroxylation sites is 1. The van der Waals surface area contributed by atoms with E-state index in [2.05, 4.69) is 0 Å². The number of halogens is 1. The molecule has 8 nitrogen and oxygen atoms in total. The highest BCUT2D eigenvalue weighted by atomic mass is 35.5. The van der Waals surface area contributed by atoms with Crippen molar-refractivity contribution in [3.8, 4) is 17.2 Å². The van der Waals surface area contributed by atoms with Crippen molar-refractivity contribution in [2.45, 2.75) is 19.6 Å². The van der Waals surface area contributed by atoms with E-state index in [4.69, 9.17) is 35.5 Å². The molecule has 1 aliphatic heterocycles. The van der Waals surface area contributed by atoms with Crippen LogP contribution in [0, 0.1) is 0 Å². The Labute approximate surface area is 280 Å². The van der Waals surface area contributed by atoms with E-state index in [1.54, 1.807) is 56.1 Å². The number of benzene rings is 4. The molecular formula is C37H31ClN2O6S. The zero-order chi connectivity index (χ0) is 32.9. The molecule has 0 N–H and O–H groups in total. The quantitative estimate of drug-likeness (QED) is 0.165. The fourth-order valence-electron chi connectivity index (χ4n) is 5.41. The largest absolute Gasteiger partial charge is 0.497 e. The van der Waals surface area contributed by atoms with Gasteiger partial charge in [-0.15, -0.1) is 0 Å². The van der Waals surface area contributed by atoms with Gasteiger partial charge < -0.3 is 18.9 Å². The maximum Gasteiger partial charge on any atom is 0.338 e. The summed E-state index contributed by atoms with van der Waals surface area (Å²) in [4.78, 5) is 33.4. The lowest BCUT2D eigenvalue weighted by molar-refractivity contribution is -0.138. The zero-order valence-electron chi connectivity index (χ0n) is 25.9. The molecule has 1 aliphatic rings. The van der Waals surface area contributed by atoms with Crippen LogP contribution in [0.3, 0.4) is 0 Å². The number of methoxy groups -OCH3 is 2. The maximum atomic E-state index is 14.4. The molecule has 0 radical (unpaired) electrons. The topological polar surface area (TPSA) is 88.4 Å². The third-order valence-electron chi connectivity index (χ3n) is 7.65. The van der Waals surface area contributed by atoms with Gasteiger partial charge in [0.05, 0.1) is 42.7 Å². The summed E-state index contributed by atoms with van der Waals surface area (Å²) in [5, 5.41) is 0.586. The Hall–Kier alpha value is -5.12. The second-order valence-electron chi connectivity index (χ2n) is 10.5.